The van der Waals surface area contributed by atoms with Crippen molar-refractivity contribution in [2.45, 2.75) is 19.9 Å². The molecule has 1 aromatic heterocycles. The minimum absolute atomic E-state index is 0.0244. The van der Waals surface area contributed by atoms with Gasteiger partial charge in [0.15, 0.2) is 11.6 Å². The fourth-order valence-electron chi connectivity index (χ4n) is 2.60. The maximum Gasteiger partial charge on any atom is 0.161 e. The number of aliphatic hydroxyl groups is 1. The number of imidazole rings is 1. The molecule has 1 heterocycles. The van der Waals surface area contributed by atoms with Gasteiger partial charge in [-0.05, 0) is 18.9 Å². The molecule has 22 heavy (non-hydrogen) atoms. The number of hydrogen-bond acceptors (Lipinski definition) is 2. The lowest BCUT2D eigenvalue weighted by Gasteiger charge is -2.10. The van der Waals surface area contributed by atoms with Crippen LogP contribution >= 0.6 is 0 Å². The van der Waals surface area contributed by atoms with Gasteiger partial charge in [0.2, 0.25) is 0 Å². The summed E-state index contributed by atoms with van der Waals surface area (Å²) in [7, 11) is 0. The van der Waals surface area contributed by atoms with Crippen molar-refractivity contribution in [2.24, 2.45) is 0 Å². The van der Waals surface area contributed by atoms with Crippen molar-refractivity contribution in [1.29, 1.82) is 0 Å². The average molecular weight is 302 g/mol. The number of nitrogens with zero attached hydrogens (tertiary/aromatic N) is 2. The largest absolute Gasteiger partial charge is 0.396 e. The number of aromatic nitrogens is 2. The number of aryl methyl sites for hydroxylation is 2. The predicted octanol–water partition coefficient (Wildman–Crippen LogP) is 3.67. The minimum Gasteiger partial charge on any atom is -0.396 e. The molecule has 0 aliphatic carbocycles. The first-order valence-corrected chi connectivity index (χ1v) is 7.14. The van der Waals surface area contributed by atoms with Gasteiger partial charge in [0, 0.05) is 30.8 Å². The maximum absolute atomic E-state index is 13.6. The lowest BCUT2D eigenvalue weighted by Crippen LogP contribution is -2.03. The topological polar surface area (TPSA) is 38.0 Å². The molecule has 0 saturated heterocycles. The molecule has 3 rings (SSSR count). The molecule has 0 aliphatic rings. The Morgan fingerprint density at radius 3 is 2.59 bits per heavy atom. The molecule has 0 unspecified atom stereocenters. The van der Waals surface area contributed by atoms with E-state index in [-0.39, 0.29) is 6.61 Å². The second kappa shape index (κ2) is 5.85. The summed E-state index contributed by atoms with van der Waals surface area (Å²) in [5, 5.41) is 9.08. The summed E-state index contributed by atoms with van der Waals surface area (Å²) in [5.74, 6) is -1.14. The number of aliphatic hydroxyl groups excluding tert-OH is 1. The summed E-state index contributed by atoms with van der Waals surface area (Å²) in [6, 6.07) is 10.0. The second-order valence-corrected chi connectivity index (χ2v) is 5.23. The molecular weight excluding hydrogens is 286 g/mol. The molecule has 0 aliphatic heterocycles. The molecule has 3 nitrogen and oxygen atoms in total. The Hall–Kier alpha value is -2.27. The highest BCUT2D eigenvalue weighted by atomic mass is 19.2. The second-order valence-electron chi connectivity index (χ2n) is 5.23. The van der Waals surface area contributed by atoms with Crippen LogP contribution in [0.25, 0.3) is 22.4 Å². The molecule has 2 aromatic carbocycles. The van der Waals surface area contributed by atoms with Gasteiger partial charge in [-0.25, -0.2) is 13.8 Å². The van der Waals surface area contributed by atoms with E-state index in [0.717, 1.165) is 23.3 Å². The SMILES string of the molecule is Cc1ccccc1-c1nc2cc(F)c(F)cc2n1CCCO. The Bertz CT molecular complexity index is 827. The van der Waals surface area contributed by atoms with Crippen molar-refractivity contribution >= 4 is 11.0 Å². The molecule has 5 heteroatoms. The highest BCUT2D eigenvalue weighted by molar-refractivity contribution is 5.81. The smallest absolute Gasteiger partial charge is 0.161 e. The number of hydrogen-bond donors (Lipinski definition) is 1. The third-order valence-corrected chi connectivity index (χ3v) is 3.72. The highest BCUT2D eigenvalue weighted by Gasteiger charge is 2.16. The average Bonchev–Trinajstić information content (AvgIpc) is 2.83. The van der Waals surface area contributed by atoms with Gasteiger partial charge in [-0.3, -0.25) is 0 Å². The van der Waals surface area contributed by atoms with Crippen molar-refractivity contribution in [3.05, 3.63) is 53.6 Å². The van der Waals surface area contributed by atoms with Crippen LogP contribution in [0, 0.1) is 18.6 Å². The van der Waals surface area contributed by atoms with Gasteiger partial charge in [0.1, 0.15) is 5.82 Å². The standard InChI is InChI=1S/C17H16F2N2O/c1-11-5-2-3-6-12(11)17-20-15-9-13(18)14(19)10-16(15)21(17)7-4-8-22/h2-3,5-6,9-10,22H,4,7-8H2,1H3. The fraction of sp³-hybridized carbons (Fsp3) is 0.235. The number of fused-ring (bicyclic) bond motifs is 1. The molecule has 0 saturated carbocycles. The van der Waals surface area contributed by atoms with Gasteiger partial charge in [-0.1, -0.05) is 24.3 Å². The van der Waals surface area contributed by atoms with Crippen molar-refractivity contribution in [3.63, 3.8) is 0 Å². The Morgan fingerprint density at radius 1 is 1.14 bits per heavy atom. The summed E-state index contributed by atoms with van der Waals surface area (Å²) in [6.07, 6.45) is 0.517. The Morgan fingerprint density at radius 2 is 1.86 bits per heavy atom. The van der Waals surface area contributed by atoms with Crippen LogP contribution in [-0.2, 0) is 6.54 Å². The third kappa shape index (κ3) is 2.48. The third-order valence-electron chi connectivity index (χ3n) is 3.72. The molecule has 0 amide bonds. The first kappa shape index (κ1) is 14.7. The van der Waals surface area contributed by atoms with Gasteiger partial charge >= 0.3 is 0 Å². The summed E-state index contributed by atoms with van der Waals surface area (Å²) >= 11 is 0. The van der Waals surface area contributed by atoms with E-state index in [1.165, 1.54) is 0 Å². The first-order valence-electron chi connectivity index (χ1n) is 7.14. The zero-order chi connectivity index (χ0) is 15.7. The normalized spacial score (nSPS) is 11.3. The molecule has 0 atom stereocenters. The van der Waals surface area contributed by atoms with Crippen LogP contribution in [0.5, 0.6) is 0 Å². The monoisotopic (exact) mass is 302 g/mol. The van der Waals surface area contributed by atoms with E-state index in [9.17, 15) is 8.78 Å². The van der Waals surface area contributed by atoms with Gasteiger partial charge in [-0.2, -0.15) is 0 Å². The number of halogens is 2. The van der Waals surface area contributed by atoms with Crippen LogP contribution in [0.3, 0.4) is 0 Å². The number of benzene rings is 2. The van der Waals surface area contributed by atoms with Crippen LogP contribution in [0.2, 0.25) is 0 Å². The van der Waals surface area contributed by atoms with Crippen LogP contribution in [0.4, 0.5) is 8.78 Å². The van der Waals surface area contributed by atoms with Crippen molar-refractivity contribution in [2.75, 3.05) is 6.61 Å². The predicted molar refractivity (Wildman–Crippen MR) is 81.5 cm³/mol. The Balaban J connectivity index is 2.26. The van der Waals surface area contributed by atoms with E-state index >= 15 is 0 Å². The van der Waals surface area contributed by atoms with Gasteiger partial charge in [0.25, 0.3) is 0 Å². The van der Waals surface area contributed by atoms with Crippen LogP contribution in [0.1, 0.15) is 12.0 Å². The lowest BCUT2D eigenvalue weighted by atomic mass is 10.1. The van der Waals surface area contributed by atoms with E-state index in [1.807, 2.05) is 35.8 Å². The molecule has 0 spiro atoms. The fourth-order valence-corrected chi connectivity index (χ4v) is 2.60. The van der Waals surface area contributed by atoms with E-state index in [2.05, 4.69) is 4.98 Å². The Kier molecular flexibility index (Phi) is 3.90. The quantitative estimate of drug-likeness (QED) is 0.798. The highest BCUT2D eigenvalue weighted by Crippen LogP contribution is 2.28. The van der Waals surface area contributed by atoms with Crippen LogP contribution in [0.15, 0.2) is 36.4 Å². The van der Waals surface area contributed by atoms with Crippen molar-refractivity contribution in [1.82, 2.24) is 9.55 Å². The zero-order valence-electron chi connectivity index (χ0n) is 12.2. The number of rotatable bonds is 4. The van der Waals surface area contributed by atoms with E-state index < -0.39 is 11.6 Å². The van der Waals surface area contributed by atoms with Crippen molar-refractivity contribution < 1.29 is 13.9 Å². The minimum atomic E-state index is -0.907. The van der Waals surface area contributed by atoms with Crippen molar-refractivity contribution in [3.8, 4) is 11.4 Å². The molecular formula is C17H16F2N2O. The first-order chi connectivity index (χ1) is 10.6. The van der Waals surface area contributed by atoms with E-state index in [0.29, 0.717) is 29.8 Å². The molecule has 0 bridgehead atoms. The summed E-state index contributed by atoms with van der Waals surface area (Å²) in [5.41, 5.74) is 2.89. The van der Waals surface area contributed by atoms with E-state index in [1.54, 1.807) is 0 Å². The lowest BCUT2D eigenvalue weighted by molar-refractivity contribution is 0.281. The zero-order valence-corrected chi connectivity index (χ0v) is 12.2. The summed E-state index contributed by atoms with van der Waals surface area (Å²) < 4.78 is 28.9. The van der Waals surface area contributed by atoms with Crippen LogP contribution < -0.4 is 0 Å². The summed E-state index contributed by atoms with van der Waals surface area (Å²) in [6.45, 7) is 2.48. The molecule has 0 fully saturated rings. The molecule has 1 N–H and O–H groups in total. The molecule has 3 aromatic rings. The van der Waals surface area contributed by atoms with Gasteiger partial charge < -0.3 is 9.67 Å². The maximum atomic E-state index is 13.6. The summed E-state index contributed by atoms with van der Waals surface area (Å²) in [4.78, 5) is 4.47. The molecule has 0 radical (unpaired) electrons. The van der Waals surface area contributed by atoms with E-state index in [4.69, 9.17) is 5.11 Å². The molecule has 114 valence electrons. The Labute approximate surface area is 126 Å². The van der Waals surface area contributed by atoms with Gasteiger partial charge in [0.05, 0.1) is 11.0 Å². The van der Waals surface area contributed by atoms with Gasteiger partial charge in [-0.15, -0.1) is 0 Å². The van der Waals surface area contributed by atoms with Crippen LogP contribution in [-0.4, -0.2) is 21.3 Å².